The normalized spacial score (nSPS) is 19.8. The van der Waals surface area contributed by atoms with Gasteiger partial charge in [-0.1, -0.05) is 6.07 Å². The van der Waals surface area contributed by atoms with Crippen LogP contribution in [0.4, 0.5) is 26.4 Å². The van der Waals surface area contributed by atoms with Crippen LogP contribution in [0.1, 0.15) is 52.5 Å². The Morgan fingerprint density at radius 2 is 1.73 bits per heavy atom. The molecule has 1 aromatic carbocycles. The molecule has 0 saturated heterocycles. The highest BCUT2D eigenvalue weighted by Gasteiger charge is 2.27. The summed E-state index contributed by atoms with van der Waals surface area (Å²) in [6.07, 6.45) is 4.00. The third kappa shape index (κ3) is 4.21. The molecule has 0 aliphatic heterocycles. The summed E-state index contributed by atoms with van der Waals surface area (Å²) in [7, 11) is 0. The number of rotatable bonds is 4. The zero-order valence-corrected chi connectivity index (χ0v) is 17.3. The Morgan fingerprint density at radius 1 is 1.07 bits per heavy atom. The second-order valence-corrected chi connectivity index (χ2v) is 8.77. The molecule has 0 unspecified atom stereocenters. The van der Waals surface area contributed by atoms with E-state index in [0.29, 0.717) is 48.7 Å². The van der Waals surface area contributed by atoms with Gasteiger partial charge in [0.1, 0.15) is 22.8 Å². The van der Waals surface area contributed by atoms with Gasteiger partial charge < -0.3 is 15.7 Å². The van der Waals surface area contributed by atoms with Gasteiger partial charge in [-0.3, -0.25) is 4.57 Å². The van der Waals surface area contributed by atoms with Gasteiger partial charge >= 0.3 is 0 Å². The topological polar surface area (TPSA) is 87.9 Å². The molecule has 0 atom stereocenters. The molecule has 0 radical (unpaired) electrons. The number of aliphatic hydroxyl groups excluding tert-OH is 1. The first-order valence-electron chi connectivity index (χ1n) is 10.1. The highest BCUT2D eigenvalue weighted by Crippen LogP contribution is 2.35. The van der Waals surface area contributed by atoms with Crippen LogP contribution < -0.4 is 10.6 Å². The van der Waals surface area contributed by atoms with Crippen LogP contribution in [-0.4, -0.2) is 36.3 Å². The maximum Gasteiger partial charge on any atom is 0.225 e. The third-order valence-corrected chi connectivity index (χ3v) is 5.15. The summed E-state index contributed by atoms with van der Waals surface area (Å²) in [6.45, 7) is 6.02. The molecule has 7 nitrogen and oxygen atoms in total. The number of hydrogen-bond acceptors (Lipinski definition) is 6. The Labute approximate surface area is 173 Å². The summed E-state index contributed by atoms with van der Waals surface area (Å²) < 4.78 is 30.4. The maximum atomic E-state index is 14.3. The van der Waals surface area contributed by atoms with Crippen molar-refractivity contribution in [1.29, 1.82) is 0 Å². The first-order valence-corrected chi connectivity index (χ1v) is 10.1. The van der Waals surface area contributed by atoms with E-state index < -0.39 is 11.6 Å². The van der Waals surface area contributed by atoms with Crippen LogP contribution in [-0.2, 0) is 0 Å². The van der Waals surface area contributed by atoms with E-state index in [4.69, 9.17) is 0 Å². The predicted octanol–water partition coefficient (Wildman–Crippen LogP) is 4.53. The molecule has 1 aliphatic rings. The largest absolute Gasteiger partial charge is 0.393 e. The highest BCUT2D eigenvalue weighted by molar-refractivity contribution is 5.76. The molecule has 1 saturated carbocycles. The number of para-hydroxylation sites is 1. The smallest absolute Gasteiger partial charge is 0.225 e. The average Bonchev–Trinajstić information content (AvgIpc) is 3.01. The molecule has 0 bridgehead atoms. The van der Waals surface area contributed by atoms with Crippen LogP contribution in [0.2, 0.25) is 0 Å². The molecule has 160 valence electrons. The fourth-order valence-electron chi connectivity index (χ4n) is 3.77. The number of aromatic nitrogens is 4. The predicted molar refractivity (Wildman–Crippen MR) is 112 cm³/mol. The Bertz CT molecular complexity index is 1030. The van der Waals surface area contributed by atoms with E-state index in [1.54, 1.807) is 6.20 Å². The Balaban J connectivity index is 1.81. The van der Waals surface area contributed by atoms with E-state index in [1.165, 1.54) is 18.2 Å². The van der Waals surface area contributed by atoms with Crippen molar-refractivity contribution in [3.8, 4) is 0 Å². The molecule has 2 aromatic heterocycles. The van der Waals surface area contributed by atoms with Crippen molar-refractivity contribution in [3.63, 3.8) is 0 Å². The van der Waals surface area contributed by atoms with Crippen molar-refractivity contribution in [3.05, 3.63) is 36.0 Å². The fraction of sp³-hybridized carbons (Fsp3) is 0.476. The standard InChI is InChI=1S/C21H26F2N6O/c1-21(2,3)28-19-24-11-16-18(27-19)29(12-7-9-13(30)10-8-12)20(25-16)26-17-14(22)5-4-6-15(17)23/h4-6,11-13,30H,7-10H2,1-3H3,(H,25,26)(H,24,27,28)/t12-,13+. The molecule has 3 aromatic rings. The van der Waals surface area contributed by atoms with E-state index in [2.05, 4.69) is 25.6 Å². The SMILES string of the molecule is CC(C)(C)Nc1ncc2nc(Nc3c(F)cccc3F)n([C@H]3CC[C@@H](O)CC3)c2n1. The summed E-state index contributed by atoms with van der Waals surface area (Å²) in [5.41, 5.74) is 0.619. The number of benzene rings is 1. The second kappa shape index (κ2) is 7.79. The highest BCUT2D eigenvalue weighted by atomic mass is 19.1. The monoisotopic (exact) mass is 416 g/mol. The van der Waals surface area contributed by atoms with Crippen LogP contribution in [0.25, 0.3) is 11.2 Å². The number of imidazole rings is 1. The molecule has 1 aliphatic carbocycles. The molecular weight excluding hydrogens is 390 g/mol. The summed E-state index contributed by atoms with van der Waals surface area (Å²) in [5, 5.41) is 16.0. The van der Waals surface area contributed by atoms with Crippen molar-refractivity contribution in [1.82, 2.24) is 19.5 Å². The lowest BCUT2D eigenvalue weighted by Gasteiger charge is -2.28. The van der Waals surface area contributed by atoms with Crippen molar-refractivity contribution >= 4 is 28.7 Å². The molecule has 30 heavy (non-hydrogen) atoms. The molecule has 9 heteroatoms. The van der Waals surface area contributed by atoms with Crippen molar-refractivity contribution in [2.45, 2.75) is 64.1 Å². The first kappa shape index (κ1) is 20.5. The molecule has 0 amide bonds. The van der Waals surface area contributed by atoms with Gasteiger partial charge in [0.2, 0.25) is 11.9 Å². The Hall–Kier alpha value is -2.81. The Kier molecular flexibility index (Phi) is 5.31. The van der Waals surface area contributed by atoms with Gasteiger partial charge in [0.15, 0.2) is 5.65 Å². The van der Waals surface area contributed by atoms with Gasteiger partial charge in [-0.05, 0) is 58.6 Å². The van der Waals surface area contributed by atoms with E-state index in [9.17, 15) is 13.9 Å². The lowest BCUT2D eigenvalue weighted by molar-refractivity contribution is 0.112. The van der Waals surface area contributed by atoms with Crippen LogP contribution in [0.15, 0.2) is 24.4 Å². The molecule has 2 heterocycles. The number of aliphatic hydroxyl groups is 1. The lowest BCUT2D eigenvalue weighted by atomic mass is 9.93. The van der Waals surface area contributed by atoms with Gasteiger partial charge in [0.05, 0.1) is 12.3 Å². The van der Waals surface area contributed by atoms with E-state index in [1.807, 2.05) is 25.3 Å². The number of hydrogen-bond donors (Lipinski definition) is 3. The van der Waals surface area contributed by atoms with E-state index in [0.717, 1.165) is 0 Å². The van der Waals surface area contributed by atoms with Gasteiger partial charge in [0, 0.05) is 11.6 Å². The molecule has 4 rings (SSSR count). The van der Waals surface area contributed by atoms with Crippen LogP contribution >= 0.6 is 0 Å². The number of anilines is 3. The minimum absolute atomic E-state index is 0.00637. The van der Waals surface area contributed by atoms with E-state index in [-0.39, 0.29) is 23.4 Å². The van der Waals surface area contributed by atoms with Gasteiger partial charge in [-0.25, -0.2) is 18.7 Å². The number of fused-ring (bicyclic) bond motifs is 1. The third-order valence-electron chi connectivity index (χ3n) is 5.15. The van der Waals surface area contributed by atoms with Crippen molar-refractivity contribution < 1.29 is 13.9 Å². The van der Waals surface area contributed by atoms with Gasteiger partial charge in [0.25, 0.3) is 0 Å². The van der Waals surface area contributed by atoms with Crippen LogP contribution in [0, 0.1) is 11.6 Å². The van der Waals surface area contributed by atoms with Crippen LogP contribution in [0.3, 0.4) is 0 Å². The quantitative estimate of drug-likeness (QED) is 0.579. The first-order chi connectivity index (χ1) is 14.2. The summed E-state index contributed by atoms with van der Waals surface area (Å²) in [5.74, 6) is -0.643. The number of nitrogens with zero attached hydrogens (tertiary/aromatic N) is 4. The zero-order valence-electron chi connectivity index (χ0n) is 17.3. The molecular formula is C21H26F2N6O. The Morgan fingerprint density at radius 3 is 2.37 bits per heavy atom. The minimum Gasteiger partial charge on any atom is -0.393 e. The lowest BCUT2D eigenvalue weighted by Crippen LogP contribution is -2.27. The van der Waals surface area contributed by atoms with Gasteiger partial charge in [-0.15, -0.1) is 0 Å². The average molecular weight is 416 g/mol. The maximum absolute atomic E-state index is 14.3. The minimum atomic E-state index is -0.700. The second-order valence-electron chi connectivity index (χ2n) is 8.77. The van der Waals surface area contributed by atoms with E-state index >= 15 is 0 Å². The number of halogens is 2. The number of nitrogens with one attached hydrogen (secondary N) is 2. The zero-order chi connectivity index (χ0) is 21.5. The molecule has 1 fully saturated rings. The van der Waals surface area contributed by atoms with Crippen molar-refractivity contribution in [2.24, 2.45) is 0 Å². The summed E-state index contributed by atoms with van der Waals surface area (Å²) in [6, 6.07) is 3.70. The van der Waals surface area contributed by atoms with Crippen molar-refractivity contribution in [2.75, 3.05) is 10.6 Å². The molecule has 0 spiro atoms. The summed E-state index contributed by atoms with van der Waals surface area (Å²) >= 11 is 0. The fourth-order valence-corrected chi connectivity index (χ4v) is 3.77. The summed E-state index contributed by atoms with van der Waals surface area (Å²) in [4.78, 5) is 13.5. The molecule has 3 N–H and O–H groups in total. The van der Waals surface area contributed by atoms with Gasteiger partial charge in [-0.2, -0.15) is 4.98 Å². The van der Waals surface area contributed by atoms with Crippen LogP contribution in [0.5, 0.6) is 0 Å².